The summed E-state index contributed by atoms with van der Waals surface area (Å²) in [6.45, 7) is 10.1. The van der Waals surface area contributed by atoms with E-state index in [0.717, 1.165) is 22.5 Å². The molecule has 0 aliphatic heterocycles. The molecule has 1 N–H and O–H groups in total. The van der Waals surface area contributed by atoms with Crippen LogP contribution in [0.1, 0.15) is 36.4 Å². The first-order valence-corrected chi connectivity index (χ1v) is 12.9. The van der Waals surface area contributed by atoms with Gasteiger partial charge in [-0.1, -0.05) is 49.9 Å². The molecule has 36 heavy (non-hydrogen) atoms. The Balaban J connectivity index is 1.87. The van der Waals surface area contributed by atoms with Crippen molar-refractivity contribution >= 4 is 29.3 Å². The second-order valence-corrected chi connectivity index (χ2v) is 10.0. The van der Waals surface area contributed by atoms with Crippen molar-refractivity contribution in [3.63, 3.8) is 0 Å². The van der Waals surface area contributed by atoms with Gasteiger partial charge < -0.3 is 15.0 Å². The molecular formula is C28H34N4O3S. The minimum Gasteiger partial charge on any atom is -0.497 e. The van der Waals surface area contributed by atoms with Crippen molar-refractivity contribution in [2.24, 2.45) is 5.92 Å². The molecule has 0 fully saturated rings. The van der Waals surface area contributed by atoms with Crippen molar-refractivity contribution in [3.05, 3.63) is 77.1 Å². The topological polar surface area (TPSA) is 84.4 Å². The van der Waals surface area contributed by atoms with E-state index in [0.29, 0.717) is 23.1 Å². The van der Waals surface area contributed by atoms with Crippen LogP contribution in [0.15, 0.2) is 59.8 Å². The number of amides is 2. The zero-order valence-electron chi connectivity index (χ0n) is 21.7. The summed E-state index contributed by atoms with van der Waals surface area (Å²) in [6.07, 6.45) is 0. The quantitative estimate of drug-likeness (QED) is 0.301. The zero-order chi connectivity index (χ0) is 26.2. The van der Waals surface area contributed by atoms with Crippen molar-refractivity contribution in [2.45, 2.75) is 52.4 Å². The maximum atomic E-state index is 13.6. The average Bonchev–Trinajstić information content (AvgIpc) is 2.83. The highest BCUT2D eigenvalue weighted by molar-refractivity contribution is 7.99. The third-order valence-electron chi connectivity index (χ3n) is 5.80. The summed E-state index contributed by atoms with van der Waals surface area (Å²) in [5.41, 5.74) is 4.43. The lowest BCUT2D eigenvalue weighted by molar-refractivity contribution is -0.138. The summed E-state index contributed by atoms with van der Waals surface area (Å²) in [5.74, 6) is 0.349. The van der Waals surface area contributed by atoms with E-state index in [4.69, 9.17) is 4.74 Å². The Labute approximate surface area is 217 Å². The van der Waals surface area contributed by atoms with Crippen LogP contribution in [0.3, 0.4) is 0 Å². The van der Waals surface area contributed by atoms with Crippen LogP contribution in [-0.2, 0) is 16.1 Å². The molecule has 3 aromatic rings. The van der Waals surface area contributed by atoms with E-state index < -0.39 is 6.04 Å². The number of methoxy groups -OCH3 is 1. The second kappa shape index (κ2) is 12.5. The Hall–Kier alpha value is -3.39. The number of anilines is 1. The number of nitrogens with one attached hydrogen (secondary N) is 1. The molecule has 3 rings (SSSR count). The van der Waals surface area contributed by atoms with Crippen LogP contribution in [0.4, 0.5) is 5.69 Å². The molecule has 0 radical (unpaired) electrons. The molecule has 1 aromatic heterocycles. The number of rotatable bonds is 10. The molecule has 1 heterocycles. The molecule has 0 saturated heterocycles. The van der Waals surface area contributed by atoms with Gasteiger partial charge in [-0.2, -0.15) is 0 Å². The summed E-state index contributed by atoms with van der Waals surface area (Å²) >= 11 is 1.29. The number of carbonyl (C=O) groups is 2. The van der Waals surface area contributed by atoms with E-state index in [1.165, 1.54) is 11.8 Å². The SMILES string of the molecule is COc1ccc(NC(=O)[C@@H](C(C)C)N(Cc2ccccc2C)C(=O)CSc2nc(C)cc(C)n2)cc1. The average molecular weight is 507 g/mol. The van der Waals surface area contributed by atoms with E-state index >= 15 is 0 Å². The van der Waals surface area contributed by atoms with Crippen LogP contribution >= 0.6 is 11.8 Å². The van der Waals surface area contributed by atoms with Crippen molar-refractivity contribution < 1.29 is 14.3 Å². The first-order chi connectivity index (χ1) is 17.2. The van der Waals surface area contributed by atoms with Crippen LogP contribution in [0, 0.1) is 26.7 Å². The lowest BCUT2D eigenvalue weighted by Gasteiger charge is -2.34. The molecule has 0 aliphatic carbocycles. The van der Waals surface area contributed by atoms with Crippen LogP contribution < -0.4 is 10.1 Å². The Morgan fingerprint density at radius 2 is 1.64 bits per heavy atom. The van der Waals surface area contributed by atoms with Crippen molar-refractivity contribution in [3.8, 4) is 5.75 Å². The smallest absolute Gasteiger partial charge is 0.247 e. The fourth-order valence-electron chi connectivity index (χ4n) is 3.97. The number of hydrogen-bond donors (Lipinski definition) is 1. The third kappa shape index (κ3) is 7.31. The molecule has 190 valence electrons. The normalized spacial score (nSPS) is 11.8. The van der Waals surface area contributed by atoms with Gasteiger partial charge in [-0.3, -0.25) is 9.59 Å². The summed E-state index contributed by atoms with van der Waals surface area (Å²) in [5, 5.41) is 3.54. The van der Waals surface area contributed by atoms with Crippen LogP contribution in [0.2, 0.25) is 0 Å². The molecule has 0 aliphatic rings. The van der Waals surface area contributed by atoms with Crippen LogP contribution in [-0.4, -0.2) is 45.6 Å². The first kappa shape index (κ1) is 27.2. The lowest BCUT2D eigenvalue weighted by Crippen LogP contribution is -2.50. The molecule has 2 amide bonds. The largest absolute Gasteiger partial charge is 0.497 e. The first-order valence-electron chi connectivity index (χ1n) is 11.9. The molecule has 1 atom stereocenters. The summed E-state index contributed by atoms with van der Waals surface area (Å²) in [7, 11) is 1.60. The second-order valence-electron chi connectivity index (χ2n) is 9.08. The van der Waals surface area contributed by atoms with Crippen LogP contribution in [0.5, 0.6) is 5.75 Å². The van der Waals surface area contributed by atoms with Gasteiger partial charge in [0.05, 0.1) is 12.9 Å². The molecule has 0 unspecified atom stereocenters. The van der Waals surface area contributed by atoms with E-state index in [-0.39, 0.29) is 23.5 Å². The molecule has 8 heteroatoms. The van der Waals surface area contributed by atoms with Gasteiger partial charge in [0.15, 0.2) is 5.16 Å². The maximum absolute atomic E-state index is 13.6. The van der Waals surface area contributed by atoms with Gasteiger partial charge in [0, 0.05) is 23.6 Å². The number of nitrogens with zero attached hydrogens (tertiary/aromatic N) is 3. The van der Waals surface area contributed by atoms with Gasteiger partial charge in [-0.25, -0.2) is 9.97 Å². The predicted octanol–water partition coefficient (Wildman–Crippen LogP) is 5.19. The Kier molecular flexibility index (Phi) is 9.47. The molecule has 0 saturated carbocycles. The van der Waals surface area contributed by atoms with Crippen LogP contribution in [0.25, 0.3) is 0 Å². The summed E-state index contributed by atoms with van der Waals surface area (Å²) < 4.78 is 5.21. The lowest BCUT2D eigenvalue weighted by atomic mass is 9.99. The summed E-state index contributed by atoms with van der Waals surface area (Å²) in [6, 6.07) is 16.3. The third-order valence-corrected chi connectivity index (χ3v) is 6.63. The molecular weight excluding hydrogens is 472 g/mol. The fourth-order valence-corrected chi connectivity index (χ4v) is 4.81. The Bertz CT molecular complexity index is 1180. The standard InChI is InChI=1S/C28H34N4O3S/c1-18(2)26(27(34)31-23-11-13-24(35-6)14-12-23)32(16-22-10-8-7-9-19(22)3)25(33)17-36-28-29-20(4)15-21(5)30-28/h7-15,18,26H,16-17H2,1-6H3,(H,31,34)/t26-/m1/s1. The Morgan fingerprint density at radius 1 is 1.00 bits per heavy atom. The number of benzene rings is 2. The van der Waals surface area contributed by atoms with Crippen molar-refractivity contribution in [2.75, 3.05) is 18.2 Å². The molecule has 7 nitrogen and oxygen atoms in total. The fraction of sp³-hybridized carbons (Fsp3) is 0.357. The van der Waals surface area contributed by atoms with Crippen molar-refractivity contribution in [1.82, 2.24) is 14.9 Å². The van der Waals surface area contributed by atoms with Crippen molar-refractivity contribution in [1.29, 1.82) is 0 Å². The van der Waals surface area contributed by atoms with Gasteiger partial charge in [0.1, 0.15) is 11.8 Å². The number of aryl methyl sites for hydroxylation is 3. The number of aromatic nitrogens is 2. The monoisotopic (exact) mass is 506 g/mol. The number of thioether (sulfide) groups is 1. The summed E-state index contributed by atoms with van der Waals surface area (Å²) in [4.78, 5) is 37.7. The highest BCUT2D eigenvalue weighted by Gasteiger charge is 2.33. The minimum atomic E-state index is -0.667. The molecule has 0 bridgehead atoms. The molecule has 2 aromatic carbocycles. The van der Waals surface area contributed by atoms with E-state index in [2.05, 4.69) is 15.3 Å². The highest BCUT2D eigenvalue weighted by Crippen LogP contribution is 2.23. The van der Waals surface area contributed by atoms with E-state index in [1.807, 2.05) is 65.0 Å². The zero-order valence-corrected chi connectivity index (χ0v) is 22.6. The number of ether oxygens (including phenoxy) is 1. The highest BCUT2D eigenvalue weighted by atomic mass is 32.2. The number of hydrogen-bond acceptors (Lipinski definition) is 6. The predicted molar refractivity (Wildman–Crippen MR) is 144 cm³/mol. The maximum Gasteiger partial charge on any atom is 0.247 e. The minimum absolute atomic E-state index is 0.112. The van der Waals surface area contributed by atoms with Gasteiger partial charge in [0.2, 0.25) is 11.8 Å². The van der Waals surface area contributed by atoms with Gasteiger partial charge in [-0.05, 0) is 68.1 Å². The molecule has 0 spiro atoms. The van der Waals surface area contributed by atoms with E-state index in [9.17, 15) is 9.59 Å². The Morgan fingerprint density at radius 3 is 2.22 bits per heavy atom. The van der Waals surface area contributed by atoms with Gasteiger partial charge >= 0.3 is 0 Å². The number of carbonyl (C=O) groups excluding carboxylic acids is 2. The van der Waals surface area contributed by atoms with Gasteiger partial charge in [-0.15, -0.1) is 0 Å². The van der Waals surface area contributed by atoms with Gasteiger partial charge in [0.25, 0.3) is 0 Å². The van der Waals surface area contributed by atoms with E-state index in [1.54, 1.807) is 36.3 Å².